The van der Waals surface area contributed by atoms with Crippen LogP contribution in [0.15, 0.2) is 11.6 Å². The highest BCUT2D eigenvalue weighted by Gasteiger charge is 1.86. The number of unbranched alkanes of at least 4 members (excludes halogenated alkanes) is 1. The van der Waals surface area contributed by atoms with Crippen molar-refractivity contribution in [2.75, 3.05) is 0 Å². The summed E-state index contributed by atoms with van der Waals surface area (Å²) in [5.74, 6) is 0. The fourth-order valence-electron chi connectivity index (χ4n) is 0.405. The predicted molar refractivity (Wildman–Crippen MR) is 34.2 cm³/mol. The summed E-state index contributed by atoms with van der Waals surface area (Å²) in [7, 11) is 0. The summed E-state index contributed by atoms with van der Waals surface area (Å²) in [6.45, 7) is 2.00. The molecule has 0 radical (unpaired) electrons. The minimum absolute atomic E-state index is 0.219. The molecule has 2 nitrogen and oxygen atoms in total. The van der Waals surface area contributed by atoms with E-state index >= 15 is 0 Å². The minimum Gasteiger partial charge on any atom is -0.192 e. The summed E-state index contributed by atoms with van der Waals surface area (Å²) in [6, 6.07) is 3.57. The lowest BCUT2D eigenvalue weighted by molar-refractivity contribution is 0.956. The molecule has 0 spiro atoms. The molecule has 46 valence electrons. The van der Waals surface area contributed by atoms with Gasteiger partial charge in [-0.2, -0.15) is 10.5 Å². The number of allylic oxidation sites excluding steroid dienone is 2. The van der Waals surface area contributed by atoms with Crippen LogP contribution in [0.5, 0.6) is 0 Å². The first-order valence-electron chi connectivity index (χ1n) is 2.85. The molecule has 0 unspecified atom stereocenters. The molecule has 0 heterocycles. The lowest BCUT2D eigenvalue weighted by Crippen LogP contribution is -1.70. The zero-order valence-corrected chi connectivity index (χ0v) is 5.39. The van der Waals surface area contributed by atoms with Crippen LogP contribution >= 0.6 is 0 Å². The monoisotopic (exact) mass is 120 g/mol. The molecule has 0 aromatic carbocycles. The third-order valence-electron chi connectivity index (χ3n) is 0.878. The molecule has 0 rings (SSSR count). The number of rotatable bonds is 2. The molecule has 0 amide bonds. The third kappa shape index (κ3) is 3.32. The van der Waals surface area contributed by atoms with Gasteiger partial charge in [0.2, 0.25) is 0 Å². The van der Waals surface area contributed by atoms with Crippen molar-refractivity contribution in [2.24, 2.45) is 0 Å². The van der Waals surface area contributed by atoms with Crippen molar-refractivity contribution in [1.82, 2.24) is 0 Å². The predicted octanol–water partition coefficient (Wildman–Crippen LogP) is 1.76. The number of hydrogen-bond donors (Lipinski definition) is 0. The van der Waals surface area contributed by atoms with Crippen LogP contribution in [0.3, 0.4) is 0 Å². The molecular formula is C7H8N2. The van der Waals surface area contributed by atoms with E-state index in [0.717, 1.165) is 12.8 Å². The summed E-state index contributed by atoms with van der Waals surface area (Å²) in [6.07, 6.45) is 3.45. The molecule has 0 bridgehead atoms. The Morgan fingerprint density at radius 3 is 2.33 bits per heavy atom. The fourth-order valence-corrected chi connectivity index (χ4v) is 0.405. The normalized spacial score (nSPS) is 7.00. The Morgan fingerprint density at radius 2 is 2.00 bits per heavy atom. The van der Waals surface area contributed by atoms with E-state index in [2.05, 4.69) is 0 Å². The lowest BCUT2D eigenvalue weighted by atomic mass is 10.2. The van der Waals surface area contributed by atoms with E-state index in [1.807, 2.05) is 6.92 Å². The van der Waals surface area contributed by atoms with Crippen LogP contribution in [-0.4, -0.2) is 0 Å². The first-order chi connectivity index (χ1) is 4.35. The van der Waals surface area contributed by atoms with E-state index in [9.17, 15) is 0 Å². The van der Waals surface area contributed by atoms with Crippen LogP contribution < -0.4 is 0 Å². The van der Waals surface area contributed by atoms with Crippen molar-refractivity contribution < 1.29 is 0 Å². The summed E-state index contributed by atoms with van der Waals surface area (Å²) in [5, 5.41) is 16.4. The van der Waals surface area contributed by atoms with E-state index < -0.39 is 0 Å². The van der Waals surface area contributed by atoms with Gasteiger partial charge in [-0.25, -0.2) is 0 Å². The molecule has 0 aliphatic rings. The average Bonchev–Trinajstić information content (AvgIpc) is 1.91. The van der Waals surface area contributed by atoms with Crippen molar-refractivity contribution in [3.05, 3.63) is 11.6 Å². The SMILES string of the molecule is CCCC=C(C#N)C#N. The molecule has 0 saturated heterocycles. The van der Waals surface area contributed by atoms with Gasteiger partial charge in [0.05, 0.1) is 0 Å². The lowest BCUT2D eigenvalue weighted by Gasteiger charge is -1.80. The van der Waals surface area contributed by atoms with E-state index in [1.54, 1.807) is 18.2 Å². The second kappa shape index (κ2) is 4.87. The highest BCUT2D eigenvalue weighted by atomic mass is 14.3. The zero-order valence-electron chi connectivity index (χ0n) is 5.39. The second-order valence-corrected chi connectivity index (χ2v) is 1.63. The molecule has 9 heavy (non-hydrogen) atoms. The van der Waals surface area contributed by atoms with Crippen LogP contribution in [0.1, 0.15) is 19.8 Å². The van der Waals surface area contributed by atoms with E-state index in [-0.39, 0.29) is 5.57 Å². The Bertz CT molecular complexity index is 162. The summed E-state index contributed by atoms with van der Waals surface area (Å²) < 4.78 is 0. The maximum atomic E-state index is 8.21. The van der Waals surface area contributed by atoms with Crippen molar-refractivity contribution >= 4 is 0 Å². The molecule has 0 aromatic heterocycles. The zero-order chi connectivity index (χ0) is 7.11. The number of nitriles is 2. The van der Waals surface area contributed by atoms with Crippen LogP contribution in [0.4, 0.5) is 0 Å². The van der Waals surface area contributed by atoms with Gasteiger partial charge in [0, 0.05) is 0 Å². The number of nitrogens with zero attached hydrogens (tertiary/aromatic N) is 2. The standard InChI is InChI=1S/C7H8N2/c1-2-3-4-7(5-8)6-9/h4H,2-3H2,1H3. The maximum absolute atomic E-state index is 8.21. The van der Waals surface area contributed by atoms with Gasteiger partial charge in [-0.3, -0.25) is 0 Å². The van der Waals surface area contributed by atoms with Crippen LogP contribution in [-0.2, 0) is 0 Å². The van der Waals surface area contributed by atoms with Gasteiger partial charge in [0.25, 0.3) is 0 Å². The highest BCUT2D eigenvalue weighted by Crippen LogP contribution is 1.94. The average molecular weight is 120 g/mol. The molecule has 0 aromatic rings. The van der Waals surface area contributed by atoms with Gasteiger partial charge in [0.15, 0.2) is 0 Å². The van der Waals surface area contributed by atoms with Gasteiger partial charge in [-0.1, -0.05) is 19.4 Å². The van der Waals surface area contributed by atoms with E-state index in [0.29, 0.717) is 0 Å². The Morgan fingerprint density at radius 1 is 1.44 bits per heavy atom. The molecule has 0 atom stereocenters. The van der Waals surface area contributed by atoms with Gasteiger partial charge < -0.3 is 0 Å². The van der Waals surface area contributed by atoms with Crippen molar-refractivity contribution in [1.29, 1.82) is 10.5 Å². The molecule has 0 N–H and O–H groups in total. The Kier molecular flexibility index (Phi) is 4.18. The van der Waals surface area contributed by atoms with Crippen LogP contribution in [0, 0.1) is 22.7 Å². The number of hydrogen-bond acceptors (Lipinski definition) is 2. The first-order valence-corrected chi connectivity index (χ1v) is 2.85. The van der Waals surface area contributed by atoms with Crippen LogP contribution in [0.25, 0.3) is 0 Å². The highest BCUT2D eigenvalue weighted by molar-refractivity contribution is 5.34. The summed E-state index contributed by atoms with van der Waals surface area (Å²) in [5.41, 5.74) is 0.219. The smallest absolute Gasteiger partial charge is 0.125 e. The molecule has 0 aliphatic carbocycles. The molecule has 0 aliphatic heterocycles. The van der Waals surface area contributed by atoms with Gasteiger partial charge >= 0.3 is 0 Å². The topological polar surface area (TPSA) is 47.6 Å². The Labute approximate surface area is 55.0 Å². The van der Waals surface area contributed by atoms with E-state index in [4.69, 9.17) is 10.5 Å². The molecule has 0 saturated carbocycles. The molecule has 0 fully saturated rings. The molecular weight excluding hydrogens is 112 g/mol. The first kappa shape index (κ1) is 7.72. The minimum atomic E-state index is 0.219. The van der Waals surface area contributed by atoms with Gasteiger partial charge in [0.1, 0.15) is 17.7 Å². The quantitative estimate of drug-likeness (QED) is 0.521. The largest absolute Gasteiger partial charge is 0.192 e. The Hall–Kier alpha value is -1.28. The summed E-state index contributed by atoms with van der Waals surface area (Å²) >= 11 is 0. The second-order valence-electron chi connectivity index (χ2n) is 1.63. The van der Waals surface area contributed by atoms with E-state index in [1.165, 1.54) is 0 Å². The maximum Gasteiger partial charge on any atom is 0.125 e. The third-order valence-corrected chi connectivity index (χ3v) is 0.878. The van der Waals surface area contributed by atoms with Crippen LogP contribution in [0.2, 0.25) is 0 Å². The van der Waals surface area contributed by atoms with Crippen molar-refractivity contribution in [3.63, 3.8) is 0 Å². The fraction of sp³-hybridized carbons (Fsp3) is 0.429. The van der Waals surface area contributed by atoms with Crippen molar-refractivity contribution in [3.8, 4) is 12.1 Å². The molecule has 2 heteroatoms. The van der Waals surface area contributed by atoms with Gasteiger partial charge in [-0.05, 0) is 6.42 Å². The van der Waals surface area contributed by atoms with Gasteiger partial charge in [-0.15, -0.1) is 0 Å². The summed E-state index contributed by atoms with van der Waals surface area (Å²) in [4.78, 5) is 0. The van der Waals surface area contributed by atoms with Crippen molar-refractivity contribution in [2.45, 2.75) is 19.8 Å². The Balaban J connectivity index is 3.85.